The number of carbonyl (C=O) groups is 2. The van der Waals surface area contributed by atoms with Gasteiger partial charge in [0.05, 0.1) is 0 Å². The van der Waals surface area contributed by atoms with Crippen molar-refractivity contribution in [3.63, 3.8) is 0 Å². The smallest absolute Gasteiger partial charge is 0.251 e. The minimum atomic E-state index is -0.0826. The van der Waals surface area contributed by atoms with Crippen LogP contribution in [0.4, 0.5) is 5.69 Å². The van der Waals surface area contributed by atoms with Crippen LogP contribution in [-0.4, -0.2) is 18.4 Å². The maximum Gasteiger partial charge on any atom is 0.251 e. The first-order chi connectivity index (χ1) is 11.5. The Balaban J connectivity index is 1.67. The van der Waals surface area contributed by atoms with Gasteiger partial charge in [0.25, 0.3) is 5.91 Å². The number of nitrogens with one attached hydrogen (secondary N) is 1. The van der Waals surface area contributed by atoms with E-state index in [2.05, 4.69) is 5.32 Å². The molecule has 1 heterocycles. The van der Waals surface area contributed by atoms with Crippen molar-refractivity contribution >= 4 is 17.5 Å². The molecule has 1 fully saturated rings. The number of rotatable bonds is 4. The third-order valence-electron chi connectivity index (χ3n) is 4.52. The van der Waals surface area contributed by atoms with Crippen LogP contribution in [0.1, 0.15) is 39.9 Å². The molecule has 0 aliphatic carbocycles. The van der Waals surface area contributed by atoms with E-state index in [4.69, 9.17) is 0 Å². The fourth-order valence-electron chi connectivity index (χ4n) is 2.92. The molecule has 124 valence electrons. The predicted octanol–water partition coefficient (Wildman–Crippen LogP) is 3.36. The molecule has 2 amide bonds. The summed E-state index contributed by atoms with van der Waals surface area (Å²) in [7, 11) is 0. The first kappa shape index (κ1) is 16.2. The quantitative estimate of drug-likeness (QED) is 0.938. The Morgan fingerprint density at radius 2 is 1.96 bits per heavy atom. The molecule has 0 saturated carbocycles. The number of carbonyl (C=O) groups excluding carboxylic acids is 2. The Labute approximate surface area is 142 Å². The Hall–Kier alpha value is -2.62. The van der Waals surface area contributed by atoms with Gasteiger partial charge >= 0.3 is 0 Å². The van der Waals surface area contributed by atoms with E-state index in [0.717, 1.165) is 29.8 Å². The molecule has 3 rings (SSSR count). The standard InChI is InChI=1S/C20H22N2O2/c1-14-8-9-17(11-15(14)2)20(24)21-13-16-5-3-6-18(12-16)22-10-4-7-19(22)23/h3,5-6,8-9,11-12H,4,7,10,13H2,1-2H3,(H,21,24). The second-order valence-corrected chi connectivity index (χ2v) is 6.30. The minimum Gasteiger partial charge on any atom is -0.348 e. The predicted molar refractivity (Wildman–Crippen MR) is 95.1 cm³/mol. The second kappa shape index (κ2) is 6.87. The van der Waals surface area contributed by atoms with E-state index in [-0.39, 0.29) is 11.8 Å². The molecule has 4 nitrogen and oxygen atoms in total. The van der Waals surface area contributed by atoms with Crippen LogP contribution in [0.25, 0.3) is 0 Å². The molecule has 0 unspecified atom stereocenters. The molecule has 0 atom stereocenters. The molecule has 0 aromatic heterocycles. The molecule has 24 heavy (non-hydrogen) atoms. The van der Waals surface area contributed by atoms with Crippen LogP contribution in [0.5, 0.6) is 0 Å². The summed E-state index contributed by atoms with van der Waals surface area (Å²) in [4.78, 5) is 26.0. The third-order valence-corrected chi connectivity index (χ3v) is 4.52. The summed E-state index contributed by atoms with van der Waals surface area (Å²) in [5, 5.41) is 2.95. The molecular weight excluding hydrogens is 300 g/mol. The zero-order valence-electron chi connectivity index (χ0n) is 14.1. The van der Waals surface area contributed by atoms with Crippen LogP contribution < -0.4 is 10.2 Å². The molecule has 2 aromatic rings. The Morgan fingerprint density at radius 3 is 2.67 bits per heavy atom. The van der Waals surface area contributed by atoms with E-state index in [1.54, 1.807) is 0 Å². The SMILES string of the molecule is Cc1ccc(C(=O)NCc2cccc(N3CCCC3=O)c2)cc1C. The van der Waals surface area contributed by atoms with E-state index in [1.807, 2.05) is 61.2 Å². The van der Waals surface area contributed by atoms with Crippen LogP contribution in [0.3, 0.4) is 0 Å². The van der Waals surface area contributed by atoms with Crippen LogP contribution >= 0.6 is 0 Å². The van der Waals surface area contributed by atoms with E-state index >= 15 is 0 Å². The van der Waals surface area contributed by atoms with Gasteiger partial charge in [-0.25, -0.2) is 0 Å². The lowest BCUT2D eigenvalue weighted by Gasteiger charge is -2.16. The molecule has 0 bridgehead atoms. The molecule has 4 heteroatoms. The molecule has 0 spiro atoms. The van der Waals surface area contributed by atoms with Crippen molar-refractivity contribution in [1.29, 1.82) is 0 Å². The third kappa shape index (κ3) is 3.48. The van der Waals surface area contributed by atoms with Crippen molar-refractivity contribution < 1.29 is 9.59 Å². The molecule has 1 saturated heterocycles. The van der Waals surface area contributed by atoms with Gasteiger partial charge in [-0.1, -0.05) is 18.2 Å². The van der Waals surface area contributed by atoms with Crippen molar-refractivity contribution in [2.24, 2.45) is 0 Å². The molecule has 1 aliphatic heterocycles. The summed E-state index contributed by atoms with van der Waals surface area (Å²) in [6.45, 7) is 5.25. The number of benzene rings is 2. The first-order valence-electron chi connectivity index (χ1n) is 8.29. The van der Waals surface area contributed by atoms with Crippen molar-refractivity contribution in [2.45, 2.75) is 33.2 Å². The lowest BCUT2D eigenvalue weighted by atomic mass is 10.1. The van der Waals surface area contributed by atoms with Gasteiger partial charge in [0.2, 0.25) is 5.91 Å². The monoisotopic (exact) mass is 322 g/mol. The average Bonchev–Trinajstić information content (AvgIpc) is 3.01. The number of amides is 2. The zero-order chi connectivity index (χ0) is 17.1. The highest BCUT2D eigenvalue weighted by atomic mass is 16.2. The van der Waals surface area contributed by atoms with Gasteiger partial charge in [-0.2, -0.15) is 0 Å². The Bertz CT molecular complexity index is 783. The summed E-state index contributed by atoms with van der Waals surface area (Å²) in [6.07, 6.45) is 1.53. The summed E-state index contributed by atoms with van der Waals surface area (Å²) in [6, 6.07) is 13.5. The second-order valence-electron chi connectivity index (χ2n) is 6.30. The summed E-state index contributed by atoms with van der Waals surface area (Å²) in [5.41, 5.74) is 4.86. The normalized spacial score (nSPS) is 14.1. The topological polar surface area (TPSA) is 49.4 Å². The van der Waals surface area contributed by atoms with Crippen LogP contribution in [-0.2, 0) is 11.3 Å². The van der Waals surface area contributed by atoms with Gasteiger partial charge in [0, 0.05) is 30.8 Å². The highest BCUT2D eigenvalue weighted by molar-refractivity contribution is 5.95. The molecule has 1 N–H and O–H groups in total. The van der Waals surface area contributed by atoms with Crippen molar-refractivity contribution in [2.75, 3.05) is 11.4 Å². The van der Waals surface area contributed by atoms with E-state index in [0.29, 0.717) is 18.5 Å². The lowest BCUT2D eigenvalue weighted by molar-refractivity contribution is -0.117. The Morgan fingerprint density at radius 1 is 1.12 bits per heavy atom. The maximum atomic E-state index is 12.3. The fourth-order valence-corrected chi connectivity index (χ4v) is 2.92. The maximum absolute atomic E-state index is 12.3. The molecule has 2 aromatic carbocycles. The average molecular weight is 322 g/mol. The number of hydrogen-bond acceptors (Lipinski definition) is 2. The molecule has 0 radical (unpaired) electrons. The minimum absolute atomic E-state index is 0.0826. The van der Waals surface area contributed by atoms with E-state index in [9.17, 15) is 9.59 Å². The van der Waals surface area contributed by atoms with Crippen molar-refractivity contribution in [3.8, 4) is 0 Å². The van der Waals surface area contributed by atoms with Gasteiger partial charge in [0.15, 0.2) is 0 Å². The first-order valence-corrected chi connectivity index (χ1v) is 8.29. The van der Waals surface area contributed by atoms with Gasteiger partial charge in [-0.15, -0.1) is 0 Å². The largest absolute Gasteiger partial charge is 0.348 e. The van der Waals surface area contributed by atoms with Crippen LogP contribution in [0, 0.1) is 13.8 Å². The van der Waals surface area contributed by atoms with Crippen LogP contribution in [0.2, 0.25) is 0 Å². The van der Waals surface area contributed by atoms with Gasteiger partial charge in [-0.3, -0.25) is 9.59 Å². The van der Waals surface area contributed by atoms with Crippen LogP contribution in [0.15, 0.2) is 42.5 Å². The number of hydrogen-bond donors (Lipinski definition) is 1. The fraction of sp³-hybridized carbons (Fsp3) is 0.300. The lowest BCUT2D eigenvalue weighted by Crippen LogP contribution is -2.25. The highest BCUT2D eigenvalue weighted by Gasteiger charge is 2.21. The Kier molecular flexibility index (Phi) is 4.65. The summed E-state index contributed by atoms with van der Waals surface area (Å²) in [5.74, 6) is 0.0899. The highest BCUT2D eigenvalue weighted by Crippen LogP contribution is 2.22. The van der Waals surface area contributed by atoms with Crippen molar-refractivity contribution in [3.05, 3.63) is 64.7 Å². The number of anilines is 1. The summed E-state index contributed by atoms with van der Waals surface area (Å²) < 4.78 is 0. The van der Waals surface area contributed by atoms with Gasteiger partial charge in [0.1, 0.15) is 0 Å². The number of nitrogens with zero attached hydrogens (tertiary/aromatic N) is 1. The zero-order valence-corrected chi connectivity index (χ0v) is 14.1. The van der Waals surface area contributed by atoms with Gasteiger partial charge in [-0.05, 0) is 61.2 Å². The van der Waals surface area contributed by atoms with Gasteiger partial charge < -0.3 is 10.2 Å². The van der Waals surface area contributed by atoms with E-state index in [1.165, 1.54) is 5.56 Å². The number of aryl methyl sites for hydroxylation is 2. The van der Waals surface area contributed by atoms with E-state index < -0.39 is 0 Å². The molecular formula is C20H22N2O2. The summed E-state index contributed by atoms with van der Waals surface area (Å²) >= 11 is 0. The molecule has 1 aliphatic rings. The van der Waals surface area contributed by atoms with Crippen molar-refractivity contribution in [1.82, 2.24) is 5.32 Å².